The maximum atomic E-state index is 11.9. The Labute approximate surface area is 114 Å². The minimum atomic E-state index is -0.807. The van der Waals surface area contributed by atoms with Crippen LogP contribution in [0, 0.1) is 6.92 Å². The number of nitrogens with zero attached hydrogens (tertiary/aromatic N) is 2. The Balaban J connectivity index is 2.47. The molecule has 1 aromatic rings. The molecule has 6 heteroatoms. The fraction of sp³-hybridized carbons (Fsp3) is 0.417. The topological polar surface area (TPSA) is 62.3 Å². The second kappa shape index (κ2) is 4.35. The normalized spacial score (nSPS) is 18.8. The Morgan fingerprint density at radius 1 is 1.44 bits per heavy atom. The number of pyridine rings is 1. The van der Waals surface area contributed by atoms with Gasteiger partial charge in [-0.25, -0.2) is 4.98 Å². The lowest BCUT2D eigenvalue weighted by Gasteiger charge is -2.41. The molecule has 2 rings (SSSR count). The summed E-state index contributed by atoms with van der Waals surface area (Å²) >= 11 is 3.43. The number of nitrogens with one attached hydrogen (secondary N) is 1. The van der Waals surface area contributed by atoms with E-state index < -0.39 is 5.54 Å². The lowest BCUT2D eigenvalue weighted by atomic mass is 9.98. The van der Waals surface area contributed by atoms with E-state index in [9.17, 15) is 9.59 Å². The molecule has 0 aliphatic carbocycles. The molecule has 0 saturated carbocycles. The Morgan fingerprint density at radius 2 is 2.11 bits per heavy atom. The van der Waals surface area contributed by atoms with Gasteiger partial charge in [-0.15, -0.1) is 0 Å². The van der Waals surface area contributed by atoms with E-state index in [0.717, 1.165) is 10.0 Å². The number of halogens is 1. The van der Waals surface area contributed by atoms with Crippen molar-refractivity contribution >= 4 is 33.6 Å². The number of hydrogen-bond donors (Lipinski definition) is 1. The summed E-state index contributed by atoms with van der Waals surface area (Å²) < 4.78 is 0.776. The molecular formula is C12H14BrN3O2. The van der Waals surface area contributed by atoms with Gasteiger partial charge in [-0.05, 0) is 48.3 Å². The maximum Gasteiger partial charge on any atom is 0.251 e. The monoisotopic (exact) mass is 311 g/mol. The second-order valence-corrected chi connectivity index (χ2v) is 5.69. The van der Waals surface area contributed by atoms with E-state index in [1.54, 1.807) is 24.9 Å². The second-order valence-electron chi connectivity index (χ2n) is 4.84. The Hall–Kier alpha value is -1.43. The summed E-state index contributed by atoms with van der Waals surface area (Å²) in [5.41, 5.74) is 0.204. The molecule has 5 nitrogen and oxygen atoms in total. The summed E-state index contributed by atoms with van der Waals surface area (Å²) in [5, 5.41) is 2.34. The van der Waals surface area contributed by atoms with Crippen molar-refractivity contribution in [2.45, 2.75) is 26.3 Å². The number of piperazine rings is 1. The van der Waals surface area contributed by atoms with Crippen molar-refractivity contribution in [3.8, 4) is 0 Å². The van der Waals surface area contributed by atoms with Gasteiger partial charge in [-0.3, -0.25) is 14.9 Å². The van der Waals surface area contributed by atoms with Crippen molar-refractivity contribution in [2.75, 3.05) is 11.4 Å². The summed E-state index contributed by atoms with van der Waals surface area (Å²) in [7, 11) is 0. The minimum Gasteiger partial charge on any atom is -0.332 e. The van der Waals surface area contributed by atoms with Gasteiger partial charge in [0.15, 0.2) is 0 Å². The van der Waals surface area contributed by atoms with Gasteiger partial charge in [-0.2, -0.15) is 0 Å². The van der Waals surface area contributed by atoms with Crippen LogP contribution in [0.15, 0.2) is 16.7 Å². The van der Waals surface area contributed by atoms with Crippen molar-refractivity contribution in [3.63, 3.8) is 0 Å². The summed E-state index contributed by atoms with van der Waals surface area (Å²) in [5.74, 6) is -0.0181. The maximum absolute atomic E-state index is 11.9. The molecule has 0 unspecified atom stereocenters. The zero-order chi connectivity index (χ0) is 13.5. The molecule has 0 bridgehead atoms. The molecule has 1 saturated heterocycles. The number of rotatable bonds is 1. The van der Waals surface area contributed by atoms with Gasteiger partial charge in [-0.1, -0.05) is 0 Å². The minimum absolute atomic E-state index is 0.118. The van der Waals surface area contributed by atoms with Crippen LogP contribution in [0.3, 0.4) is 0 Å². The van der Waals surface area contributed by atoms with Crippen molar-refractivity contribution in [1.29, 1.82) is 0 Å². The highest BCUT2D eigenvalue weighted by Gasteiger charge is 2.42. The lowest BCUT2D eigenvalue weighted by Crippen LogP contribution is -2.64. The third kappa shape index (κ3) is 2.12. The van der Waals surface area contributed by atoms with E-state index in [-0.39, 0.29) is 18.4 Å². The van der Waals surface area contributed by atoms with Crippen LogP contribution in [0.2, 0.25) is 0 Å². The van der Waals surface area contributed by atoms with Crippen LogP contribution < -0.4 is 10.2 Å². The van der Waals surface area contributed by atoms with Crippen molar-refractivity contribution in [2.24, 2.45) is 0 Å². The first-order chi connectivity index (χ1) is 8.32. The molecule has 1 fully saturated rings. The number of imide groups is 1. The highest BCUT2D eigenvalue weighted by atomic mass is 79.9. The van der Waals surface area contributed by atoms with Crippen LogP contribution in [-0.2, 0) is 9.59 Å². The van der Waals surface area contributed by atoms with Gasteiger partial charge in [0.2, 0.25) is 5.91 Å². The Morgan fingerprint density at radius 3 is 2.72 bits per heavy atom. The largest absolute Gasteiger partial charge is 0.332 e. The van der Waals surface area contributed by atoms with Gasteiger partial charge in [0, 0.05) is 6.20 Å². The third-order valence-corrected chi connectivity index (χ3v) is 3.58. The number of aromatic nitrogens is 1. The average molecular weight is 312 g/mol. The molecule has 1 aromatic heterocycles. The van der Waals surface area contributed by atoms with Crippen LogP contribution in [0.25, 0.3) is 0 Å². The van der Waals surface area contributed by atoms with E-state index in [1.165, 1.54) is 0 Å². The van der Waals surface area contributed by atoms with Crippen molar-refractivity contribution in [1.82, 2.24) is 10.3 Å². The molecule has 2 heterocycles. The molecular weight excluding hydrogens is 298 g/mol. The number of anilines is 1. The van der Waals surface area contributed by atoms with E-state index >= 15 is 0 Å². The average Bonchev–Trinajstić information content (AvgIpc) is 2.24. The first-order valence-corrected chi connectivity index (χ1v) is 6.36. The third-order valence-electron chi connectivity index (χ3n) is 3.00. The van der Waals surface area contributed by atoms with Gasteiger partial charge >= 0.3 is 0 Å². The molecule has 2 amide bonds. The number of carbonyl (C=O) groups excluding carboxylic acids is 2. The molecule has 1 N–H and O–H groups in total. The Bertz CT molecular complexity index is 528. The highest BCUT2D eigenvalue weighted by molar-refractivity contribution is 9.10. The number of amides is 2. The quantitative estimate of drug-likeness (QED) is 0.796. The summed E-state index contributed by atoms with van der Waals surface area (Å²) in [4.78, 5) is 29.4. The number of aryl methyl sites for hydroxylation is 1. The van der Waals surface area contributed by atoms with E-state index in [2.05, 4.69) is 26.2 Å². The molecule has 1 aliphatic heterocycles. The van der Waals surface area contributed by atoms with Crippen molar-refractivity contribution < 1.29 is 9.59 Å². The highest BCUT2D eigenvalue weighted by Crippen LogP contribution is 2.31. The molecule has 0 spiro atoms. The van der Waals surface area contributed by atoms with Gasteiger partial charge in [0.25, 0.3) is 5.91 Å². The SMILES string of the molecule is Cc1cnc(N2CC(=O)NC(=O)C2(C)C)c(Br)c1. The van der Waals surface area contributed by atoms with Gasteiger partial charge < -0.3 is 4.90 Å². The smallest absolute Gasteiger partial charge is 0.251 e. The molecule has 96 valence electrons. The standard InChI is InChI=1S/C12H14BrN3O2/c1-7-4-8(13)10(14-5-7)16-6-9(17)15-11(18)12(16,2)3/h4-5H,6H2,1-3H3,(H,15,17,18). The van der Waals surface area contributed by atoms with Crippen LogP contribution in [0.4, 0.5) is 5.82 Å². The van der Waals surface area contributed by atoms with Crippen LogP contribution in [0.1, 0.15) is 19.4 Å². The summed E-state index contributed by atoms with van der Waals surface area (Å²) in [6, 6.07) is 1.91. The number of hydrogen-bond acceptors (Lipinski definition) is 4. The molecule has 0 atom stereocenters. The fourth-order valence-electron chi connectivity index (χ4n) is 1.85. The first-order valence-electron chi connectivity index (χ1n) is 5.56. The predicted molar refractivity (Wildman–Crippen MR) is 71.2 cm³/mol. The lowest BCUT2D eigenvalue weighted by molar-refractivity contribution is -0.135. The van der Waals surface area contributed by atoms with Gasteiger partial charge in [0.1, 0.15) is 11.4 Å². The fourth-order valence-corrected chi connectivity index (χ4v) is 2.53. The molecule has 1 aliphatic rings. The number of carbonyl (C=O) groups is 2. The van der Waals surface area contributed by atoms with E-state index in [4.69, 9.17) is 0 Å². The molecule has 18 heavy (non-hydrogen) atoms. The van der Waals surface area contributed by atoms with Crippen LogP contribution in [-0.4, -0.2) is 28.9 Å². The summed E-state index contributed by atoms with van der Waals surface area (Å²) in [6.45, 7) is 5.58. The zero-order valence-electron chi connectivity index (χ0n) is 10.5. The predicted octanol–water partition coefficient (Wildman–Crippen LogP) is 1.39. The van der Waals surface area contributed by atoms with E-state index in [1.807, 2.05) is 13.0 Å². The molecule has 0 radical (unpaired) electrons. The first kappa shape index (κ1) is 13.0. The summed E-state index contributed by atoms with van der Waals surface area (Å²) in [6.07, 6.45) is 1.72. The van der Waals surface area contributed by atoms with Gasteiger partial charge in [0.05, 0.1) is 11.0 Å². The Kier molecular flexibility index (Phi) is 3.14. The van der Waals surface area contributed by atoms with E-state index in [0.29, 0.717) is 5.82 Å². The van der Waals surface area contributed by atoms with Crippen LogP contribution >= 0.6 is 15.9 Å². The zero-order valence-corrected chi connectivity index (χ0v) is 12.0. The molecule has 0 aromatic carbocycles. The van der Waals surface area contributed by atoms with Crippen molar-refractivity contribution in [3.05, 3.63) is 22.3 Å². The van der Waals surface area contributed by atoms with Crippen LogP contribution in [0.5, 0.6) is 0 Å².